The summed E-state index contributed by atoms with van der Waals surface area (Å²) in [5.41, 5.74) is 8.94. The maximum atomic E-state index is 5.64. The van der Waals surface area contributed by atoms with E-state index in [1.54, 1.807) is 0 Å². The van der Waals surface area contributed by atoms with E-state index >= 15 is 0 Å². The molecule has 2 heteroatoms. The lowest BCUT2D eigenvalue weighted by Crippen LogP contribution is -1.80. The smallest absolute Gasteiger partial charge is 0.00608 e. The van der Waals surface area contributed by atoms with Crippen LogP contribution < -0.4 is 5.50 Å². The second-order valence-corrected chi connectivity index (χ2v) is 5.53. The van der Waals surface area contributed by atoms with Gasteiger partial charge in [0.05, 0.1) is 0 Å². The van der Waals surface area contributed by atoms with Crippen LogP contribution >= 0.6 is 7.53 Å². The Labute approximate surface area is 90.6 Å². The van der Waals surface area contributed by atoms with E-state index < -0.39 is 0 Å². The van der Waals surface area contributed by atoms with Crippen molar-refractivity contribution in [3.8, 4) is 5.63 Å². The van der Waals surface area contributed by atoms with Crippen LogP contribution in [0.5, 0.6) is 0 Å². The topological polar surface area (TPSA) is 26.0 Å². The van der Waals surface area contributed by atoms with Crippen molar-refractivity contribution in [1.29, 1.82) is 0 Å². The fourth-order valence-electron chi connectivity index (χ4n) is 1.51. The molecule has 0 spiro atoms. The van der Waals surface area contributed by atoms with Crippen LogP contribution in [0.1, 0.15) is 64.7 Å². The molecule has 0 aromatic heterocycles. The molecule has 0 radical (unpaired) electrons. The third-order valence-electron chi connectivity index (χ3n) is 2.39. The lowest BCUT2D eigenvalue weighted by Gasteiger charge is -1.99. The molecule has 1 atom stereocenters. The minimum Gasteiger partial charge on any atom is -0.286 e. The predicted molar refractivity (Wildman–Crippen MR) is 68.1 cm³/mol. The summed E-state index contributed by atoms with van der Waals surface area (Å²) in [4.78, 5) is 0. The molecule has 0 saturated carbocycles. The van der Waals surface area contributed by atoms with E-state index in [2.05, 4.69) is 19.2 Å². The summed E-state index contributed by atoms with van der Waals surface area (Å²) in [5.74, 6) is 0. The van der Waals surface area contributed by atoms with Gasteiger partial charge in [0.15, 0.2) is 0 Å². The first kappa shape index (κ1) is 14.0. The molecule has 0 amide bonds. The largest absolute Gasteiger partial charge is 0.286 e. The molecule has 84 valence electrons. The highest BCUT2D eigenvalue weighted by atomic mass is 31.1. The third-order valence-corrected chi connectivity index (χ3v) is 3.11. The van der Waals surface area contributed by atoms with Crippen LogP contribution in [0, 0.1) is 5.63 Å². The van der Waals surface area contributed by atoms with Crippen LogP contribution in [-0.4, -0.2) is 6.66 Å². The van der Waals surface area contributed by atoms with E-state index in [1.165, 1.54) is 51.4 Å². The Morgan fingerprint density at radius 1 is 0.929 bits per heavy atom. The summed E-state index contributed by atoms with van der Waals surface area (Å²) in [5, 5.41) is 0. The molecule has 0 rings (SSSR count). The maximum absolute atomic E-state index is 5.64. The molecule has 1 unspecified atom stereocenters. The van der Waals surface area contributed by atoms with E-state index in [0.29, 0.717) is 0 Å². The van der Waals surface area contributed by atoms with Crippen molar-refractivity contribution in [3.05, 3.63) is 0 Å². The van der Waals surface area contributed by atoms with Crippen molar-refractivity contribution in [2.45, 2.75) is 64.7 Å². The van der Waals surface area contributed by atoms with Gasteiger partial charge < -0.3 is 0 Å². The highest BCUT2D eigenvalue weighted by molar-refractivity contribution is 7.43. The molecular formula is C12H26NP. The zero-order chi connectivity index (χ0) is 10.6. The first-order valence-corrected chi connectivity index (χ1v) is 7.85. The highest BCUT2D eigenvalue weighted by Crippen LogP contribution is 2.10. The Kier molecular flexibility index (Phi) is 11.1. The fourth-order valence-corrected chi connectivity index (χ4v) is 2.03. The zero-order valence-electron chi connectivity index (χ0n) is 9.89. The fraction of sp³-hybridized carbons (Fsp3) is 0.917. The average molecular weight is 215 g/mol. The molecule has 0 heterocycles. The van der Waals surface area contributed by atoms with Crippen molar-refractivity contribution in [3.63, 3.8) is 0 Å². The minimum atomic E-state index is -0.383. The lowest BCUT2D eigenvalue weighted by molar-refractivity contribution is 0.579. The van der Waals surface area contributed by atoms with Gasteiger partial charge in [0.2, 0.25) is 0 Å². The Balaban J connectivity index is 2.99. The van der Waals surface area contributed by atoms with Gasteiger partial charge in [-0.25, -0.2) is 0 Å². The summed E-state index contributed by atoms with van der Waals surface area (Å²) in [6.45, 7) is 4.32. The van der Waals surface area contributed by atoms with Crippen LogP contribution in [0.2, 0.25) is 0 Å². The molecule has 0 aromatic carbocycles. The molecule has 0 aromatic rings. The normalized spacial score (nSPS) is 11.2. The van der Waals surface area contributed by atoms with Crippen LogP contribution in [0.15, 0.2) is 0 Å². The molecule has 0 aliphatic heterocycles. The second-order valence-electron chi connectivity index (χ2n) is 3.99. The number of unbranched alkanes of at least 4 members (excludes halogenated alkanes) is 8. The van der Waals surface area contributed by atoms with Crippen molar-refractivity contribution in [2.75, 3.05) is 6.66 Å². The molecule has 0 saturated heterocycles. The standard InChI is InChI=1S/C12H26NP/c1-3-4-5-6-7-8-9-10-11-12-14(2)13/h3-11,13H2,1-2H3. The van der Waals surface area contributed by atoms with E-state index in [0.717, 1.165) is 6.42 Å². The van der Waals surface area contributed by atoms with E-state index in [1.807, 2.05) is 0 Å². The van der Waals surface area contributed by atoms with Gasteiger partial charge in [-0.15, -0.1) is 5.63 Å². The number of rotatable bonds is 8. The first-order chi connectivity index (χ1) is 6.77. The third kappa shape index (κ3) is 12.0. The minimum absolute atomic E-state index is 0.383. The Morgan fingerprint density at radius 3 is 1.93 bits per heavy atom. The van der Waals surface area contributed by atoms with Gasteiger partial charge in [0, 0.05) is 6.42 Å². The summed E-state index contributed by atoms with van der Waals surface area (Å²) in [6, 6.07) is 0. The quantitative estimate of drug-likeness (QED) is 0.469. The summed E-state index contributed by atoms with van der Waals surface area (Å²) >= 11 is 0. The lowest BCUT2D eigenvalue weighted by atomic mass is 10.1. The molecule has 0 bridgehead atoms. The summed E-state index contributed by atoms with van der Waals surface area (Å²) in [7, 11) is -0.383. The average Bonchev–Trinajstić information content (AvgIpc) is 2.15. The van der Waals surface area contributed by atoms with Crippen molar-refractivity contribution >= 4 is 7.53 Å². The molecule has 1 nitrogen and oxygen atoms in total. The summed E-state index contributed by atoms with van der Waals surface area (Å²) < 4.78 is 0. The van der Waals surface area contributed by atoms with Gasteiger partial charge in [0.25, 0.3) is 0 Å². The SMILES string of the molecule is CCCCCCCCCCC#P(C)N. The molecular weight excluding hydrogens is 189 g/mol. The number of hydrogen-bond acceptors (Lipinski definition) is 1. The van der Waals surface area contributed by atoms with Crippen molar-refractivity contribution in [2.24, 2.45) is 5.50 Å². The Bertz CT molecular complexity index is 181. The summed E-state index contributed by atoms with van der Waals surface area (Å²) in [6.07, 6.45) is 12.2. The van der Waals surface area contributed by atoms with Crippen LogP contribution in [-0.2, 0) is 0 Å². The van der Waals surface area contributed by atoms with Gasteiger partial charge in [-0.2, -0.15) is 0 Å². The van der Waals surface area contributed by atoms with Gasteiger partial charge in [-0.05, 0) is 20.6 Å². The van der Waals surface area contributed by atoms with Crippen LogP contribution in [0.3, 0.4) is 0 Å². The van der Waals surface area contributed by atoms with Gasteiger partial charge >= 0.3 is 0 Å². The molecule has 0 aliphatic carbocycles. The first-order valence-electron chi connectivity index (χ1n) is 5.99. The zero-order valence-corrected chi connectivity index (χ0v) is 10.8. The Hall–Kier alpha value is 0.0400. The van der Waals surface area contributed by atoms with Gasteiger partial charge in [0.1, 0.15) is 0 Å². The molecule has 2 N–H and O–H groups in total. The van der Waals surface area contributed by atoms with E-state index in [4.69, 9.17) is 5.50 Å². The maximum Gasteiger partial charge on any atom is 0.00608 e. The van der Waals surface area contributed by atoms with E-state index in [-0.39, 0.29) is 7.53 Å². The molecule has 14 heavy (non-hydrogen) atoms. The molecule has 0 aliphatic rings. The number of hydrogen-bond donors (Lipinski definition) is 1. The number of nitrogens with two attached hydrogens (primary N) is 1. The van der Waals surface area contributed by atoms with Gasteiger partial charge in [-0.3, -0.25) is 5.50 Å². The van der Waals surface area contributed by atoms with Crippen molar-refractivity contribution < 1.29 is 0 Å². The second kappa shape index (κ2) is 11.1. The monoisotopic (exact) mass is 215 g/mol. The molecule has 0 fully saturated rings. The van der Waals surface area contributed by atoms with E-state index in [9.17, 15) is 0 Å². The van der Waals surface area contributed by atoms with Crippen LogP contribution in [0.25, 0.3) is 0 Å². The van der Waals surface area contributed by atoms with Crippen LogP contribution in [0.4, 0.5) is 0 Å². The highest BCUT2D eigenvalue weighted by Gasteiger charge is 1.90. The predicted octanol–water partition coefficient (Wildman–Crippen LogP) is 4.46. The van der Waals surface area contributed by atoms with Gasteiger partial charge in [-0.1, -0.05) is 51.9 Å². The Morgan fingerprint density at radius 2 is 1.43 bits per heavy atom. The van der Waals surface area contributed by atoms with Crippen molar-refractivity contribution in [1.82, 2.24) is 0 Å².